The second-order valence-electron chi connectivity index (χ2n) is 5.53. The molecule has 25 heavy (non-hydrogen) atoms. The van der Waals surface area contributed by atoms with Crippen molar-refractivity contribution in [3.63, 3.8) is 0 Å². The van der Waals surface area contributed by atoms with Crippen LogP contribution in [0.25, 0.3) is 0 Å². The van der Waals surface area contributed by atoms with Gasteiger partial charge in [-0.3, -0.25) is 9.59 Å². The minimum absolute atomic E-state index is 0.00316. The van der Waals surface area contributed by atoms with Crippen LogP contribution in [0.5, 0.6) is 11.5 Å². The average molecular weight is 343 g/mol. The van der Waals surface area contributed by atoms with Crippen LogP contribution in [0.2, 0.25) is 0 Å². The summed E-state index contributed by atoms with van der Waals surface area (Å²) in [6, 6.07) is 14.0. The molecule has 2 rings (SSSR count). The third kappa shape index (κ3) is 5.24. The zero-order valence-corrected chi connectivity index (χ0v) is 14.2. The standard InChI is InChI=1S/C19H21NO5/c1-13-10-15(8-9-17(13)24-2)25-12-18(21)20-11-16(19(22)23)14-6-4-3-5-7-14/h3-10,16H,11-12H2,1-2H3,(H,20,21)(H,22,23). The number of methoxy groups -OCH3 is 1. The number of nitrogens with one attached hydrogen (secondary N) is 1. The Kier molecular flexibility index (Phi) is 6.39. The van der Waals surface area contributed by atoms with Gasteiger partial charge in [-0.25, -0.2) is 0 Å². The summed E-state index contributed by atoms with van der Waals surface area (Å²) >= 11 is 0. The molecule has 0 fully saturated rings. The van der Waals surface area contributed by atoms with Gasteiger partial charge >= 0.3 is 5.97 Å². The van der Waals surface area contributed by atoms with Gasteiger partial charge in [0.05, 0.1) is 13.0 Å². The third-order valence-corrected chi connectivity index (χ3v) is 3.74. The van der Waals surface area contributed by atoms with Crippen molar-refractivity contribution < 1.29 is 24.2 Å². The molecule has 6 heteroatoms. The molecule has 0 saturated carbocycles. The molecule has 1 amide bonds. The number of hydrogen-bond acceptors (Lipinski definition) is 4. The highest BCUT2D eigenvalue weighted by atomic mass is 16.5. The third-order valence-electron chi connectivity index (χ3n) is 3.74. The van der Waals surface area contributed by atoms with Crippen molar-refractivity contribution in [1.29, 1.82) is 0 Å². The average Bonchev–Trinajstić information content (AvgIpc) is 2.61. The van der Waals surface area contributed by atoms with Crippen molar-refractivity contribution in [3.8, 4) is 11.5 Å². The van der Waals surface area contributed by atoms with Gasteiger partial charge in [-0.15, -0.1) is 0 Å². The van der Waals surface area contributed by atoms with Crippen molar-refractivity contribution in [2.24, 2.45) is 0 Å². The quantitative estimate of drug-likeness (QED) is 0.769. The lowest BCUT2D eigenvalue weighted by atomic mass is 9.99. The Bertz CT molecular complexity index is 730. The number of carbonyl (C=O) groups excluding carboxylic acids is 1. The van der Waals surface area contributed by atoms with E-state index in [1.54, 1.807) is 49.6 Å². The van der Waals surface area contributed by atoms with Gasteiger partial charge in [-0.2, -0.15) is 0 Å². The summed E-state index contributed by atoms with van der Waals surface area (Å²) in [4.78, 5) is 23.3. The van der Waals surface area contributed by atoms with Crippen molar-refractivity contribution in [3.05, 3.63) is 59.7 Å². The van der Waals surface area contributed by atoms with Crippen LogP contribution in [0.3, 0.4) is 0 Å². The highest BCUT2D eigenvalue weighted by Crippen LogP contribution is 2.22. The number of rotatable bonds is 8. The summed E-state index contributed by atoms with van der Waals surface area (Å²) in [6.07, 6.45) is 0. The Morgan fingerprint density at radius 3 is 2.48 bits per heavy atom. The van der Waals surface area contributed by atoms with Gasteiger partial charge in [-0.1, -0.05) is 30.3 Å². The Morgan fingerprint density at radius 2 is 1.88 bits per heavy atom. The number of hydrogen-bond donors (Lipinski definition) is 2. The summed E-state index contributed by atoms with van der Waals surface area (Å²) in [6.45, 7) is 1.69. The summed E-state index contributed by atoms with van der Waals surface area (Å²) in [5.41, 5.74) is 1.54. The summed E-state index contributed by atoms with van der Waals surface area (Å²) in [5, 5.41) is 11.9. The van der Waals surface area contributed by atoms with E-state index in [2.05, 4.69) is 5.32 Å². The zero-order chi connectivity index (χ0) is 18.2. The largest absolute Gasteiger partial charge is 0.496 e. The lowest BCUT2D eigenvalue weighted by Gasteiger charge is -2.14. The van der Waals surface area contributed by atoms with Gasteiger partial charge in [0.2, 0.25) is 0 Å². The van der Waals surface area contributed by atoms with E-state index in [1.165, 1.54) is 0 Å². The molecule has 2 N–H and O–H groups in total. The monoisotopic (exact) mass is 343 g/mol. The first-order valence-electron chi connectivity index (χ1n) is 7.83. The molecule has 0 saturated heterocycles. The molecule has 0 aliphatic heterocycles. The molecule has 0 bridgehead atoms. The van der Waals surface area contributed by atoms with Crippen LogP contribution in [-0.2, 0) is 9.59 Å². The number of ether oxygens (including phenoxy) is 2. The van der Waals surface area contributed by atoms with Gasteiger partial charge in [0.15, 0.2) is 6.61 Å². The van der Waals surface area contributed by atoms with Crippen LogP contribution in [0, 0.1) is 6.92 Å². The van der Waals surface area contributed by atoms with Crippen LogP contribution in [0.15, 0.2) is 48.5 Å². The van der Waals surface area contributed by atoms with Crippen LogP contribution in [0.4, 0.5) is 0 Å². The maximum atomic E-state index is 11.9. The number of amides is 1. The Balaban J connectivity index is 1.87. The van der Waals surface area contributed by atoms with Gasteiger partial charge in [0.1, 0.15) is 11.5 Å². The van der Waals surface area contributed by atoms with Gasteiger partial charge in [0.25, 0.3) is 5.91 Å². The van der Waals surface area contributed by atoms with Gasteiger partial charge < -0.3 is 19.9 Å². The molecule has 2 aromatic rings. The lowest BCUT2D eigenvalue weighted by molar-refractivity contribution is -0.138. The first-order valence-corrected chi connectivity index (χ1v) is 7.83. The molecule has 132 valence electrons. The Labute approximate surface area is 146 Å². The molecule has 2 aromatic carbocycles. The zero-order valence-electron chi connectivity index (χ0n) is 14.2. The second kappa shape index (κ2) is 8.73. The van der Waals surface area contributed by atoms with E-state index in [-0.39, 0.29) is 19.1 Å². The fourth-order valence-electron chi connectivity index (χ4n) is 2.39. The summed E-state index contributed by atoms with van der Waals surface area (Å²) < 4.78 is 10.6. The number of aryl methyl sites for hydroxylation is 1. The van der Waals surface area contributed by atoms with E-state index < -0.39 is 11.9 Å². The van der Waals surface area contributed by atoms with E-state index in [0.717, 1.165) is 11.3 Å². The number of benzene rings is 2. The molecule has 0 spiro atoms. The molecule has 0 aliphatic rings. The number of carboxylic acids is 1. The molecule has 1 atom stereocenters. The maximum absolute atomic E-state index is 11.9. The summed E-state index contributed by atoms with van der Waals surface area (Å²) in [7, 11) is 1.59. The van der Waals surface area contributed by atoms with E-state index in [0.29, 0.717) is 11.3 Å². The molecule has 0 aliphatic carbocycles. The van der Waals surface area contributed by atoms with Crippen molar-refractivity contribution in [1.82, 2.24) is 5.32 Å². The number of aliphatic carboxylic acids is 1. The van der Waals surface area contributed by atoms with E-state index in [1.807, 2.05) is 13.0 Å². The fourth-order valence-corrected chi connectivity index (χ4v) is 2.39. The Hall–Kier alpha value is -3.02. The maximum Gasteiger partial charge on any atom is 0.312 e. The molecular weight excluding hydrogens is 322 g/mol. The van der Waals surface area contributed by atoms with Crippen LogP contribution in [-0.4, -0.2) is 37.2 Å². The van der Waals surface area contributed by atoms with E-state index in [9.17, 15) is 14.7 Å². The lowest BCUT2D eigenvalue weighted by Crippen LogP contribution is -2.34. The van der Waals surface area contributed by atoms with Crippen LogP contribution in [0.1, 0.15) is 17.0 Å². The first kappa shape index (κ1) is 18.3. The smallest absolute Gasteiger partial charge is 0.312 e. The normalized spacial score (nSPS) is 11.4. The molecule has 0 heterocycles. The molecule has 0 radical (unpaired) electrons. The number of carboxylic acid groups (broad SMARTS) is 1. The molecule has 6 nitrogen and oxygen atoms in total. The van der Waals surface area contributed by atoms with Gasteiger partial charge in [-0.05, 0) is 36.2 Å². The molecule has 0 aromatic heterocycles. The minimum Gasteiger partial charge on any atom is -0.496 e. The second-order valence-corrected chi connectivity index (χ2v) is 5.53. The highest BCUT2D eigenvalue weighted by Gasteiger charge is 2.20. The Morgan fingerprint density at radius 1 is 1.16 bits per heavy atom. The topological polar surface area (TPSA) is 84.9 Å². The van der Waals surface area contributed by atoms with E-state index >= 15 is 0 Å². The van der Waals surface area contributed by atoms with E-state index in [4.69, 9.17) is 9.47 Å². The van der Waals surface area contributed by atoms with Crippen LogP contribution < -0.4 is 14.8 Å². The van der Waals surface area contributed by atoms with Crippen molar-refractivity contribution in [2.45, 2.75) is 12.8 Å². The predicted molar refractivity (Wildman–Crippen MR) is 93.1 cm³/mol. The van der Waals surface area contributed by atoms with Crippen molar-refractivity contribution >= 4 is 11.9 Å². The molecular formula is C19H21NO5. The predicted octanol–water partition coefficient (Wildman–Crippen LogP) is 2.37. The fraction of sp³-hybridized carbons (Fsp3) is 0.263. The SMILES string of the molecule is COc1ccc(OCC(=O)NCC(C(=O)O)c2ccccc2)cc1C. The highest BCUT2D eigenvalue weighted by molar-refractivity contribution is 5.80. The van der Waals surface area contributed by atoms with Crippen LogP contribution >= 0.6 is 0 Å². The summed E-state index contributed by atoms with van der Waals surface area (Å²) in [5.74, 6) is -0.877. The molecule has 1 unspecified atom stereocenters. The minimum atomic E-state index is -0.988. The number of carbonyl (C=O) groups is 2. The van der Waals surface area contributed by atoms with Crippen molar-refractivity contribution in [2.75, 3.05) is 20.3 Å². The van der Waals surface area contributed by atoms with Gasteiger partial charge in [0, 0.05) is 6.54 Å². The first-order chi connectivity index (χ1) is 12.0.